The molecule has 1 saturated heterocycles. The van der Waals surface area contributed by atoms with Crippen molar-refractivity contribution in [3.8, 4) is 28.4 Å². The molecule has 0 spiro atoms. The number of hydrogen-bond donors (Lipinski definition) is 1. The highest BCUT2D eigenvalue weighted by Crippen LogP contribution is 2.41. The molecular formula is C26H28F3NO5. The minimum absolute atomic E-state index is 0.0149. The number of phenols is 1. The summed E-state index contributed by atoms with van der Waals surface area (Å²) < 4.78 is 58.4. The van der Waals surface area contributed by atoms with E-state index in [4.69, 9.17) is 13.9 Å². The lowest BCUT2D eigenvalue weighted by atomic mass is 9.91. The van der Waals surface area contributed by atoms with Crippen LogP contribution < -0.4 is 14.9 Å². The van der Waals surface area contributed by atoms with E-state index in [9.17, 15) is 23.1 Å². The Kier molecular flexibility index (Phi) is 6.73. The van der Waals surface area contributed by atoms with E-state index in [2.05, 4.69) is 18.7 Å². The summed E-state index contributed by atoms with van der Waals surface area (Å²) in [5.41, 5.74) is -1.56. The number of halogens is 3. The van der Waals surface area contributed by atoms with Crippen molar-refractivity contribution in [1.82, 2.24) is 4.90 Å². The second-order valence-electron chi connectivity index (χ2n) is 9.28. The Labute approximate surface area is 200 Å². The SMILES string of the molecule is COc1ccc(-c2c(C(F)(F)F)oc3c(CN4CC(C)CC(C)C4)c(O)ccc3c2=O)cc1OC. The summed E-state index contributed by atoms with van der Waals surface area (Å²) in [6.45, 7) is 5.88. The number of likely N-dealkylation sites (tertiary alicyclic amines) is 1. The molecule has 35 heavy (non-hydrogen) atoms. The summed E-state index contributed by atoms with van der Waals surface area (Å²) >= 11 is 0. The summed E-state index contributed by atoms with van der Waals surface area (Å²) in [7, 11) is 2.76. The number of methoxy groups -OCH3 is 2. The van der Waals surface area contributed by atoms with Gasteiger partial charge in [-0.3, -0.25) is 9.69 Å². The van der Waals surface area contributed by atoms with E-state index < -0.39 is 22.9 Å². The van der Waals surface area contributed by atoms with Crippen molar-refractivity contribution < 1.29 is 32.2 Å². The average Bonchev–Trinajstić information content (AvgIpc) is 2.79. The maximum absolute atomic E-state index is 14.2. The zero-order valence-corrected chi connectivity index (χ0v) is 20.0. The third-order valence-corrected chi connectivity index (χ3v) is 6.39. The summed E-state index contributed by atoms with van der Waals surface area (Å²) in [6, 6.07) is 6.72. The fourth-order valence-electron chi connectivity index (χ4n) is 5.05. The van der Waals surface area contributed by atoms with Crippen LogP contribution in [0.25, 0.3) is 22.1 Å². The Morgan fingerprint density at radius 3 is 2.31 bits per heavy atom. The first kappa shape index (κ1) is 24.9. The van der Waals surface area contributed by atoms with Crippen LogP contribution in [0.4, 0.5) is 13.2 Å². The van der Waals surface area contributed by atoms with Crippen LogP contribution in [-0.2, 0) is 12.7 Å². The van der Waals surface area contributed by atoms with Crippen molar-refractivity contribution in [2.45, 2.75) is 33.0 Å². The van der Waals surface area contributed by atoms with Crippen LogP contribution in [0, 0.1) is 11.8 Å². The summed E-state index contributed by atoms with van der Waals surface area (Å²) in [5, 5.41) is 10.5. The zero-order chi connectivity index (χ0) is 25.5. The van der Waals surface area contributed by atoms with Crippen LogP contribution >= 0.6 is 0 Å². The molecule has 2 unspecified atom stereocenters. The van der Waals surface area contributed by atoms with E-state index in [1.54, 1.807) is 0 Å². The van der Waals surface area contributed by atoms with Gasteiger partial charge in [0.15, 0.2) is 11.5 Å². The van der Waals surface area contributed by atoms with Gasteiger partial charge in [0.25, 0.3) is 0 Å². The molecule has 2 aromatic carbocycles. The molecule has 4 rings (SSSR count). The Morgan fingerprint density at radius 1 is 1.06 bits per heavy atom. The molecule has 1 aromatic heterocycles. The number of phenolic OH excluding ortho intramolecular Hbond substituents is 1. The normalized spacial score (nSPS) is 19.2. The summed E-state index contributed by atoms with van der Waals surface area (Å²) in [6.07, 6.45) is -3.90. The molecule has 3 aromatic rings. The Hall–Kier alpha value is -3.20. The van der Waals surface area contributed by atoms with Crippen molar-refractivity contribution >= 4 is 11.0 Å². The van der Waals surface area contributed by atoms with Gasteiger partial charge < -0.3 is 19.0 Å². The topological polar surface area (TPSA) is 72.1 Å². The van der Waals surface area contributed by atoms with Crippen LogP contribution in [0.5, 0.6) is 17.2 Å². The van der Waals surface area contributed by atoms with Gasteiger partial charge in [0.05, 0.1) is 30.7 Å². The molecule has 0 aliphatic carbocycles. The third kappa shape index (κ3) is 4.82. The van der Waals surface area contributed by atoms with E-state index in [-0.39, 0.29) is 40.1 Å². The Balaban J connectivity index is 1.93. The number of nitrogens with zero attached hydrogens (tertiary/aromatic N) is 1. The average molecular weight is 492 g/mol. The van der Waals surface area contributed by atoms with E-state index in [1.165, 1.54) is 44.6 Å². The number of aromatic hydroxyl groups is 1. The molecule has 0 bridgehead atoms. The Bertz CT molecular complexity index is 1290. The highest BCUT2D eigenvalue weighted by atomic mass is 19.4. The first-order valence-electron chi connectivity index (χ1n) is 11.4. The van der Waals surface area contributed by atoms with Crippen molar-refractivity contribution in [3.05, 3.63) is 51.9 Å². The molecule has 0 amide bonds. The molecular weight excluding hydrogens is 463 g/mol. The molecule has 1 N–H and O–H groups in total. The standard InChI is InChI=1S/C26H28F3NO5/c1-14-9-15(2)12-30(11-14)13-18-19(31)7-6-17-23(32)22(25(26(27,28)29)35-24(17)18)16-5-8-20(33-3)21(10-16)34-4/h5-8,10,14-15,31H,9,11-13H2,1-4H3. The first-order valence-corrected chi connectivity index (χ1v) is 11.4. The van der Waals surface area contributed by atoms with Crippen molar-refractivity contribution in [2.75, 3.05) is 27.3 Å². The number of alkyl halides is 3. The molecule has 1 aliphatic heterocycles. The zero-order valence-electron chi connectivity index (χ0n) is 20.0. The van der Waals surface area contributed by atoms with Gasteiger partial charge in [0.1, 0.15) is 11.3 Å². The fourth-order valence-corrected chi connectivity index (χ4v) is 5.05. The quantitative estimate of drug-likeness (QED) is 0.495. The van der Waals surface area contributed by atoms with Gasteiger partial charge >= 0.3 is 6.18 Å². The van der Waals surface area contributed by atoms with Gasteiger partial charge in [0, 0.05) is 19.6 Å². The molecule has 9 heteroatoms. The molecule has 1 aliphatic rings. The van der Waals surface area contributed by atoms with Crippen LogP contribution in [-0.4, -0.2) is 37.3 Å². The molecule has 2 atom stereocenters. The summed E-state index contributed by atoms with van der Waals surface area (Å²) in [4.78, 5) is 15.6. The van der Waals surface area contributed by atoms with Gasteiger partial charge in [-0.05, 0) is 48.1 Å². The fraction of sp³-hybridized carbons (Fsp3) is 0.423. The molecule has 0 radical (unpaired) electrons. The minimum atomic E-state index is -4.95. The largest absolute Gasteiger partial charge is 0.507 e. The van der Waals surface area contributed by atoms with E-state index in [1.807, 2.05) is 0 Å². The Morgan fingerprint density at radius 2 is 1.71 bits per heavy atom. The second-order valence-corrected chi connectivity index (χ2v) is 9.28. The maximum Gasteiger partial charge on any atom is 0.450 e. The van der Waals surface area contributed by atoms with Crippen LogP contribution in [0.15, 0.2) is 39.5 Å². The van der Waals surface area contributed by atoms with Crippen molar-refractivity contribution in [2.24, 2.45) is 11.8 Å². The summed E-state index contributed by atoms with van der Waals surface area (Å²) in [5.74, 6) is -0.326. The molecule has 1 fully saturated rings. The predicted molar refractivity (Wildman–Crippen MR) is 126 cm³/mol. The number of benzene rings is 2. The van der Waals surface area contributed by atoms with Crippen LogP contribution in [0.3, 0.4) is 0 Å². The van der Waals surface area contributed by atoms with E-state index in [0.717, 1.165) is 19.5 Å². The van der Waals surface area contributed by atoms with Gasteiger partial charge in [-0.2, -0.15) is 13.2 Å². The van der Waals surface area contributed by atoms with Gasteiger partial charge in [-0.15, -0.1) is 0 Å². The monoisotopic (exact) mass is 491 g/mol. The lowest BCUT2D eigenvalue weighted by Gasteiger charge is -2.35. The van der Waals surface area contributed by atoms with Crippen molar-refractivity contribution in [1.29, 1.82) is 0 Å². The van der Waals surface area contributed by atoms with Gasteiger partial charge in [-0.1, -0.05) is 19.9 Å². The molecule has 188 valence electrons. The van der Waals surface area contributed by atoms with E-state index >= 15 is 0 Å². The second kappa shape index (κ2) is 9.45. The molecule has 0 saturated carbocycles. The maximum atomic E-state index is 14.2. The number of hydrogen-bond acceptors (Lipinski definition) is 6. The molecule has 2 heterocycles. The molecule has 6 nitrogen and oxygen atoms in total. The number of fused-ring (bicyclic) bond motifs is 1. The lowest BCUT2D eigenvalue weighted by molar-refractivity contribution is -0.152. The van der Waals surface area contributed by atoms with Crippen molar-refractivity contribution in [3.63, 3.8) is 0 Å². The number of piperidine rings is 1. The number of ether oxygens (including phenoxy) is 2. The minimum Gasteiger partial charge on any atom is -0.507 e. The van der Waals surface area contributed by atoms with Gasteiger partial charge in [-0.25, -0.2) is 0 Å². The van der Waals surface area contributed by atoms with Gasteiger partial charge in [0.2, 0.25) is 11.2 Å². The highest BCUT2D eigenvalue weighted by Gasteiger charge is 2.40. The van der Waals surface area contributed by atoms with E-state index in [0.29, 0.717) is 17.6 Å². The predicted octanol–water partition coefficient (Wildman–Crippen LogP) is 5.68. The lowest BCUT2D eigenvalue weighted by Crippen LogP contribution is -2.38. The van der Waals surface area contributed by atoms with Crippen LogP contribution in [0.2, 0.25) is 0 Å². The smallest absolute Gasteiger partial charge is 0.450 e. The first-order chi connectivity index (χ1) is 16.5. The number of rotatable bonds is 5. The highest BCUT2D eigenvalue weighted by molar-refractivity contribution is 5.87. The third-order valence-electron chi connectivity index (χ3n) is 6.39. The van der Waals surface area contributed by atoms with Crippen LogP contribution in [0.1, 0.15) is 31.6 Å².